The molecule has 0 spiro atoms. The van der Waals surface area contributed by atoms with Gasteiger partial charge in [-0.1, -0.05) is 0 Å². The molecule has 0 atom stereocenters. The summed E-state index contributed by atoms with van der Waals surface area (Å²) in [5.74, 6) is 1.92. The largest absolute Gasteiger partial charge is 0.438 e. The van der Waals surface area contributed by atoms with Crippen molar-refractivity contribution >= 4 is 32.6 Å². The quantitative estimate of drug-likeness (QED) is 0.397. The van der Waals surface area contributed by atoms with Crippen molar-refractivity contribution < 1.29 is 4.74 Å². The number of hydrogen-bond donors (Lipinski definition) is 0. The van der Waals surface area contributed by atoms with E-state index >= 15 is 0 Å². The first-order chi connectivity index (χ1) is 14.8. The van der Waals surface area contributed by atoms with Gasteiger partial charge in [-0.3, -0.25) is 15.0 Å². The molecule has 1 aliphatic carbocycles. The summed E-state index contributed by atoms with van der Waals surface area (Å²) < 4.78 is 6.35. The molecule has 7 heteroatoms. The van der Waals surface area contributed by atoms with Crippen molar-refractivity contribution in [2.75, 3.05) is 0 Å². The van der Waals surface area contributed by atoms with Gasteiger partial charge < -0.3 is 4.74 Å². The molecule has 1 aromatic carbocycles. The van der Waals surface area contributed by atoms with Crippen LogP contribution in [0.5, 0.6) is 11.6 Å². The maximum absolute atomic E-state index is 6.35. The van der Waals surface area contributed by atoms with E-state index in [1.54, 1.807) is 36.1 Å². The molecule has 6 rings (SSSR count). The van der Waals surface area contributed by atoms with Crippen molar-refractivity contribution in [3.8, 4) is 23.0 Å². The van der Waals surface area contributed by atoms with Gasteiger partial charge in [0.2, 0.25) is 5.88 Å². The lowest BCUT2D eigenvalue weighted by Crippen LogP contribution is -2.00. The Morgan fingerprint density at radius 1 is 0.900 bits per heavy atom. The van der Waals surface area contributed by atoms with Crippen LogP contribution < -0.4 is 4.74 Å². The predicted octanol–water partition coefficient (Wildman–Crippen LogP) is 5.37. The second kappa shape index (κ2) is 7.11. The molecule has 0 saturated heterocycles. The number of pyridine rings is 1. The van der Waals surface area contributed by atoms with E-state index in [1.165, 1.54) is 23.3 Å². The molecule has 0 aliphatic heterocycles. The van der Waals surface area contributed by atoms with E-state index in [2.05, 4.69) is 15.0 Å². The highest BCUT2D eigenvalue weighted by Crippen LogP contribution is 2.41. The number of hydrogen-bond acceptors (Lipinski definition) is 7. The lowest BCUT2D eigenvalue weighted by atomic mass is 9.97. The summed E-state index contributed by atoms with van der Waals surface area (Å²) in [5, 5.41) is 1.04. The van der Waals surface area contributed by atoms with E-state index in [9.17, 15) is 0 Å². The van der Waals surface area contributed by atoms with Crippen LogP contribution in [0.15, 0.2) is 55.1 Å². The van der Waals surface area contributed by atoms with Crippen LogP contribution in [0.25, 0.3) is 32.6 Å². The van der Waals surface area contributed by atoms with Crippen molar-refractivity contribution in [2.45, 2.75) is 25.7 Å². The van der Waals surface area contributed by atoms with Crippen LogP contribution in [0.2, 0.25) is 0 Å². The normalized spacial score (nSPS) is 13.5. The third-order valence-electron chi connectivity index (χ3n) is 5.36. The van der Waals surface area contributed by atoms with E-state index in [1.807, 2.05) is 30.3 Å². The first-order valence-corrected chi connectivity index (χ1v) is 10.8. The fourth-order valence-corrected chi connectivity index (χ4v) is 5.19. The van der Waals surface area contributed by atoms with Gasteiger partial charge in [0.15, 0.2) is 5.82 Å². The molecule has 5 aromatic rings. The summed E-state index contributed by atoms with van der Waals surface area (Å²) in [6, 6.07) is 9.59. The molecule has 0 bridgehead atoms. The molecule has 0 saturated carbocycles. The average Bonchev–Trinajstić information content (AvgIpc) is 3.18. The number of ether oxygens (including phenoxy) is 1. The van der Waals surface area contributed by atoms with Crippen LogP contribution in [0, 0.1) is 0 Å². The first-order valence-electron chi connectivity index (χ1n) is 9.96. The predicted molar refractivity (Wildman–Crippen MR) is 117 cm³/mol. The molecule has 4 aromatic heterocycles. The van der Waals surface area contributed by atoms with Crippen LogP contribution in [-0.4, -0.2) is 24.9 Å². The van der Waals surface area contributed by atoms with Gasteiger partial charge in [-0.05, 0) is 55.5 Å². The van der Waals surface area contributed by atoms with Crippen LogP contribution in [0.1, 0.15) is 23.3 Å². The molecular weight excluding hydrogens is 394 g/mol. The molecule has 0 fully saturated rings. The zero-order chi connectivity index (χ0) is 19.9. The summed E-state index contributed by atoms with van der Waals surface area (Å²) >= 11 is 1.76. The van der Waals surface area contributed by atoms with Gasteiger partial charge >= 0.3 is 0 Å². The van der Waals surface area contributed by atoms with E-state index < -0.39 is 0 Å². The Bertz CT molecular complexity index is 1380. The third kappa shape index (κ3) is 2.98. The van der Waals surface area contributed by atoms with Gasteiger partial charge in [0.25, 0.3) is 0 Å². The van der Waals surface area contributed by atoms with E-state index in [4.69, 9.17) is 14.7 Å². The van der Waals surface area contributed by atoms with Crippen LogP contribution in [-0.2, 0) is 12.8 Å². The highest BCUT2D eigenvalue weighted by atomic mass is 32.1. The Morgan fingerprint density at radius 2 is 1.80 bits per heavy atom. The highest BCUT2D eigenvalue weighted by molar-refractivity contribution is 7.18. The molecule has 1 aliphatic rings. The lowest BCUT2D eigenvalue weighted by molar-refractivity contribution is 0.469. The van der Waals surface area contributed by atoms with Gasteiger partial charge in [0.05, 0.1) is 16.4 Å². The van der Waals surface area contributed by atoms with Crippen molar-refractivity contribution in [2.24, 2.45) is 0 Å². The average molecular weight is 411 g/mol. The van der Waals surface area contributed by atoms with E-state index in [0.717, 1.165) is 39.7 Å². The maximum atomic E-state index is 6.35. The fraction of sp³-hybridized carbons (Fsp3) is 0.174. The number of nitrogens with zero attached hydrogens (tertiary/aromatic N) is 5. The van der Waals surface area contributed by atoms with Gasteiger partial charge in [-0.2, -0.15) is 4.98 Å². The summed E-state index contributed by atoms with van der Waals surface area (Å²) in [6.07, 6.45) is 11.5. The molecule has 0 unspecified atom stereocenters. The summed E-state index contributed by atoms with van der Waals surface area (Å²) in [7, 11) is 0. The Balaban J connectivity index is 1.53. The number of benzene rings is 1. The van der Waals surface area contributed by atoms with Crippen molar-refractivity contribution in [1.29, 1.82) is 0 Å². The second-order valence-electron chi connectivity index (χ2n) is 7.29. The Hall–Kier alpha value is -3.45. The van der Waals surface area contributed by atoms with Gasteiger partial charge in [0, 0.05) is 41.3 Å². The molecular formula is C23H17N5OS. The first kappa shape index (κ1) is 17.4. The molecule has 6 nitrogen and oxygen atoms in total. The smallest absolute Gasteiger partial charge is 0.231 e. The summed E-state index contributed by atoms with van der Waals surface area (Å²) in [6.45, 7) is 0. The number of aromatic nitrogens is 5. The fourth-order valence-electron chi connectivity index (χ4n) is 3.94. The summed E-state index contributed by atoms with van der Waals surface area (Å²) in [4.78, 5) is 25.0. The molecule has 0 amide bonds. The Morgan fingerprint density at radius 3 is 2.70 bits per heavy atom. The third-order valence-corrected chi connectivity index (χ3v) is 6.54. The molecule has 146 valence electrons. The molecule has 0 radical (unpaired) electrons. The lowest BCUT2D eigenvalue weighted by Gasteiger charge is -2.13. The number of thiophene rings is 1. The van der Waals surface area contributed by atoms with E-state index in [-0.39, 0.29) is 0 Å². The minimum Gasteiger partial charge on any atom is -0.438 e. The Labute approximate surface area is 176 Å². The van der Waals surface area contributed by atoms with Crippen molar-refractivity contribution in [3.63, 3.8) is 0 Å². The molecule has 4 heterocycles. The van der Waals surface area contributed by atoms with Crippen molar-refractivity contribution in [1.82, 2.24) is 24.9 Å². The number of rotatable bonds is 3. The van der Waals surface area contributed by atoms with Gasteiger partial charge in [0.1, 0.15) is 10.6 Å². The standard InChI is InChI=1S/C23H17N5OS/c1-2-6-19-16(5-1)20-22(29-15-7-8-17-18(12-15)26-11-10-25-17)27-21(28-23(20)30-19)14-4-3-9-24-13-14/h3-4,7-13H,1-2,5-6H2. The number of aryl methyl sites for hydroxylation is 2. The minimum absolute atomic E-state index is 0.599. The van der Waals surface area contributed by atoms with E-state index in [0.29, 0.717) is 17.5 Å². The molecule has 30 heavy (non-hydrogen) atoms. The Kier molecular flexibility index (Phi) is 4.12. The highest BCUT2D eigenvalue weighted by Gasteiger charge is 2.23. The van der Waals surface area contributed by atoms with Crippen LogP contribution in [0.4, 0.5) is 0 Å². The van der Waals surface area contributed by atoms with Crippen LogP contribution in [0.3, 0.4) is 0 Å². The van der Waals surface area contributed by atoms with Gasteiger partial charge in [-0.15, -0.1) is 11.3 Å². The maximum Gasteiger partial charge on any atom is 0.231 e. The monoisotopic (exact) mass is 411 g/mol. The zero-order valence-electron chi connectivity index (χ0n) is 16.1. The summed E-state index contributed by atoms with van der Waals surface area (Å²) in [5.41, 5.74) is 3.84. The SMILES string of the molecule is c1cncc(-c2nc(Oc3ccc4nccnc4c3)c3c4c(sc3n2)CCCC4)c1. The topological polar surface area (TPSA) is 73.7 Å². The molecule has 0 N–H and O–H groups in total. The zero-order valence-corrected chi connectivity index (χ0v) is 16.9. The minimum atomic E-state index is 0.599. The number of fused-ring (bicyclic) bond motifs is 4. The second-order valence-corrected chi connectivity index (χ2v) is 8.38. The van der Waals surface area contributed by atoms with Gasteiger partial charge in [-0.25, -0.2) is 4.98 Å². The van der Waals surface area contributed by atoms with Crippen molar-refractivity contribution in [3.05, 3.63) is 65.6 Å². The van der Waals surface area contributed by atoms with Crippen LogP contribution >= 0.6 is 11.3 Å².